The lowest BCUT2D eigenvalue weighted by Gasteiger charge is -2.09. The Morgan fingerprint density at radius 3 is 2.92 bits per heavy atom. The Balaban J connectivity index is 2.19. The van der Waals surface area contributed by atoms with Gasteiger partial charge in [-0.1, -0.05) is 6.42 Å². The third-order valence-corrected chi connectivity index (χ3v) is 2.52. The van der Waals surface area contributed by atoms with E-state index in [4.69, 9.17) is 10.2 Å². The van der Waals surface area contributed by atoms with Crippen molar-refractivity contribution in [2.45, 2.75) is 38.1 Å². The molecular weight excluding hydrogens is 152 g/mol. The first kappa shape index (κ1) is 7.80. The van der Waals surface area contributed by atoms with Gasteiger partial charge in [0.25, 0.3) is 0 Å². The second-order valence-electron chi connectivity index (χ2n) is 3.53. The van der Waals surface area contributed by atoms with Gasteiger partial charge in [-0.3, -0.25) is 0 Å². The summed E-state index contributed by atoms with van der Waals surface area (Å²) >= 11 is 0. The Morgan fingerprint density at radius 2 is 2.42 bits per heavy atom. The number of rotatable bonds is 1. The van der Waals surface area contributed by atoms with Crippen molar-refractivity contribution in [3.8, 4) is 0 Å². The molecule has 0 aromatic carbocycles. The highest BCUT2D eigenvalue weighted by Crippen LogP contribution is 2.32. The van der Waals surface area contributed by atoms with Gasteiger partial charge in [-0.2, -0.15) is 0 Å². The number of hydrogen-bond donors (Lipinski definition) is 1. The van der Waals surface area contributed by atoms with Gasteiger partial charge in [0.1, 0.15) is 6.26 Å². The monoisotopic (exact) mass is 166 g/mol. The van der Waals surface area contributed by atoms with Crippen LogP contribution in [0.3, 0.4) is 0 Å². The number of nitrogens with zero attached hydrogens (tertiary/aromatic N) is 1. The topological polar surface area (TPSA) is 52.0 Å². The highest BCUT2D eigenvalue weighted by molar-refractivity contribution is 5.04. The van der Waals surface area contributed by atoms with E-state index in [-0.39, 0.29) is 6.04 Å². The van der Waals surface area contributed by atoms with Gasteiger partial charge in [-0.05, 0) is 19.8 Å². The highest BCUT2D eigenvalue weighted by Gasteiger charge is 2.28. The maximum atomic E-state index is 5.92. The molecule has 0 amide bonds. The average Bonchev–Trinajstić information content (AvgIpc) is 2.58. The molecule has 1 heterocycles. The zero-order valence-electron chi connectivity index (χ0n) is 7.29. The van der Waals surface area contributed by atoms with Gasteiger partial charge in [0.05, 0.1) is 11.6 Å². The Bertz CT molecular complexity index is 269. The van der Waals surface area contributed by atoms with E-state index in [2.05, 4.69) is 4.98 Å². The maximum Gasteiger partial charge on any atom is 0.198 e. The van der Waals surface area contributed by atoms with Crippen molar-refractivity contribution in [3.63, 3.8) is 0 Å². The third-order valence-electron chi connectivity index (χ3n) is 2.52. The molecule has 3 nitrogen and oxygen atoms in total. The molecule has 1 aliphatic carbocycles. The first-order valence-corrected chi connectivity index (χ1v) is 4.45. The first-order chi connectivity index (χ1) is 5.77. The highest BCUT2D eigenvalue weighted by atomic mass is 16.3. The van der Waals surface area contributed by atoms with Crippen LogP contribution in [0.25, 0.3) is 0 Å². The quantitative estimate of drug-likeness (QED) is 0.689. The fraction of sp³-hybridized carbons (Fsp3) is 0.667. The summed E-state index contributed by atoms with van der Waals surface area (Å²) in [5.41, 5.74) is 6.87. The lowest BCUT2D eigenvalue weighted by Crippen LogP contribution is -2.22. The lowest BCUT2D eigenvalue weighted by atomic mass is 10.1. The number of oxazole rings is 1. The van der Waals surface area contributed by atoms with Gasteiger partial charge in [0, 0.05) is 6.04 Å². The van der Waals surface area contributed by atoms with Crippen LogP contribution in [0, 0.1) is 6.92 Å². The molecule has 3 heteroatoms. The van der Waals surface area contributed by atoms with E-state index in [1.165, 1.54) is 6.42 Å². The number of aromatic nitrogens is 1. The van der Waals surface area contributed by atoms with Crippen LogP contribution in [-0.4, -0.2) is 11.0 Å². The molecule has 0 aliphatic heterocycles. The standard InChI is InChI=1S/C9H14N2O/c1-6-5-12-9(11-6)7-3-2-4-8(7)10/h5,7-8H,2-4,10H2,1H3. The van der Waals surface area contributed by atoms with E-state index < -0.39 is 0 Å². The molecule has 2 N–H and O–H groups in total. The average molecular weight is 166 g/mol. The summed E-state index contributed by atoms with van der Waals surface area (Å²) in [6.45, 7) is 1.94. The molecule has 0 saturated heterocycles. The Kier molecular flexibility index (Phi) is 1.89. The molecule has 1 aromatic heterocycles. The van der Waals surface area contributed by atoms with E-state index in [0.717, 1.165) is 24.4 Å². The summed E-state index contributed by atoms with van der Waals surface area (Å²) < 4.78 is 5.33. The van der Waals surface area contributed by atoms with Crippen molar-refractivity contribution in [3.05, 3.63) is 17.8 Å². The molecule has 2 atom stereocenters. The Morgan fingerprint density at radius 1 is 1.58 bits per heavy atom. The maximum absolute atomic E-state index is 5.92. The Hall–Kier alpha value is -0.830. The molecule has 2 rings (SSSR count). The molecule has 1 aliphatic rings. The second-order valence-corrected chi connectivity index (χ2v) is 3.53. The number of aryl methyl sites for hydroxylation is 1. The SMILES string of the molecule is Cc1coc(C2CCCC2N)n1. The first-order valence-electron chi connectivity index (χ1n) is 4.45. The minimum Gasteiger partial charge on any atom is -0.448 e. The van der Waals surface area contributed by atoms with Crippen LogP contribution in [0.5, 0.6) is 0 Å². The van der Waals surface area contributed by atoms with Crippen molar-refractivity contribution < 1.29 is 4.42 Å². The molecule has 1 saturated carbocycles. The van der Waals surface area contributed by atoms with Crippen LogP contribution in [0.4, 0.5) is 0 Å². The lowest BCUT2D eigenvalue weighted by molar-refractivity contribution is 0.428. The smallest absolute Gasteiger partial charge is 0.198 e. The van der Waals surface area contributed by atoms with Crippen LogP contribution in [-0.2, 0) is 0 Å². The minimum absolute atomic E-state index is 0.253. The van der Waals surface area contributed by atoms with Gasteiger partial charge in [-0.25, -0.2) is 4.98 Å². The molecule has 2 unspecified atom stereocenters. The van der Waals surface area contributed by atoms with Crippen LogP contribution >= 0.6 is 0 Å². The Labute approximate surface area is 72.0 Å². The van der Waals surface area contributed by atoms with Crippen LogP contribution in [0.15, 0.2) is 10.7 Å². The zero-order valence-corrected chi connectivity index (χ0v) is 7.29. The zero-order chi connectivity index (χ0) is 8.55. The molecule has 1 fully saturated rings. The third kappa shape index (κ3) is 1.25. The number of nitrogens with two attached hydrogens (primary N) is 1. The largest absolute Gasteiger partial charge is 0.448 e. The van der Waals surface area contributed by atoms with Crippen LogP contribution in [0.2, 0.25) is 0 Å². The molecular formula is C9H14N2O. The summed E-state index contributed by atoms with van der Waals surface area (Å²) in [5, 5.41) is 0. The van der Waals surface area contributed by atoms with Gasteiger partial charge in [-0.15, -0.1) is 0 Å². The predicted molar refractivity (Wildman–Crippen MR) is 45.8 cm³/mol. The van der Waals surface area contributed by atoms with E-state index in [1.807, 2.05) is 6.92 Å². The van der Waals surface area contributed by atoms with Gasteiger partial charge in [0.15, 0.2) is 5.89 Å². The van der Waals surface area contributed by atoms with E-state index in [9.17, 15) is 0 Å². The van der Waals surface area contributed by atoms with Crippen molar-refractivity contribution in [1.82, 2.24) is 4.98 Å². The van der Waals surface area contributed by atoms with E-state index >= 15 is 0 Å². The molecule has 0 radical (unpaired) electrons. The molecule has 0 spiro atoms. The van der Waals surface area contributed by atoms with Gasteiger partial charge in [0.2, 0.25) is 0 Å². The minimum atomic E-state index is 0.253. The number of hydrogen-bond acceptors (Lipinski definition) is 3. The van der Waals surface area contributed by atoms with Crippen molar-refractivity contribution in [1.29, 1.82) is 0 Å². The fourth-order valence-corrected chi connectivity index (χ4v) is 1.84. The fourth-order valence-electron chi connectivity index (χ4n) is 1.84. The summed E-state index contributed by atoms with van der Waals surface area (Å²) in [7, 11) is 0. The van der Waals surface area contributed by atoms with E-state index in [0.29, 0.717) is 5.92 Å². The van der Waals surface area contributed by atoms with Crippen LogP contribution in [0.1, 0.15) is 36.8 Å². The van der Waals surface area contributed by atoms with E-state index in [1.54, 1.807) is 6.26 Å². The predicted octanol–water partition coefficient (Wildman–Crippen LogP) is 1.58. The van der Waals surface area contributed by atoms with Crippen LogP contribution < -0.4 is 5.73 Å². The summed E-state index contributed by atoms with van der Waals surface area (Å²) in [6.07, 6.45) is 5.13. The summed E-state index contributed by atoms with van der Waals surface area (Å²) in [5.74, 6) is 1.19. The summed E-state index contributed by atoms with van der Waals surface area (Å²) in [4.78, 5) is 4.30. The van der Waals surface area contributed by atoms with Gasteiger partial charge >= 0.3 is 0 Å². The van der Waals surface area contributed by atoms with Crippen molar-refractivity contribution in [2.24, 2.45) is 5.73 Å². The molecule has 66 valence electrons. The van der Waals surface area contributed by atoms with Gasteiger partial charge < -0.3 is 10.2 Å². The normalized spacial score (nSPS) is 29.5. The molecule has 0 bridgehead atoms. The second kappa shape index (κ2) is 2.90. The summed E-state index contributed by atoms with van der Waals surface area (Å²) in [6, 6.07) is 0.253. The van der Waals surface area contributed by atoms with Crippen molar-refractivity contribution >= 4 is 0 Å². The van der Waals surface area contributed by atoms with Crippen molar-refractivity contribution in [2.75, 3.05) is 0 Å². The molecule has 12 heavy (non-hydrogen) atoms. The molecule has 1 aromatic rings.